The Hall–Kier alpha value is -2.17. The number of carbonyl (C=O) groups excluding carboxylic acids is 1. The van der Waals surface area contributed by atoms with Crippen molar-refractivity contribution in [2.45, 2.75) is 25.6 Å². The third kappa shape index (κ3) is 4.43. The van der Waals surface area contributed by atoms with Gasteiger partial charge in [0, 0.05) is 32.7 Å². The van der Waals surface area contributed by atoms with Gasteiger partial charge in [0.2, 0.25) is 5.91 Å². The second kappa shape index (κ2) is 8.08. The van der Waals surface area contributed by atoms with E-state index in [0.717, 1.165) is 39.1 Å². The van der Waals surface area contributed by atoms with Crippen LogP contribution in [-0.4, -0.2) is 41.4 Å². The molecule has 0 aliphatic carbocycles. The first-order chi connectivity index (χ1) is 11.7. The van der Waals surface area contributed by atoms with Crippen molar-refractivity contribution < 1.29 is 4.79 Å². The lowest BCUT2D eigenvalue weighted by molar-refractivity contribution is -0.123. The fourth-order valence-corrected chi connectivity index (χ4v) is 3.35. The van der Waals surface area contributed by atoms with E-state index in [9.17, 15) is 4.79 Å². The monoisotopic (exact) mass is 323 g/mol. The highest BCUT2D eigenvalue weighted by Crippen LogP contribution is 2.16. The molecule has 0 spiro atoms. The van der Waals surface area contributed by atoms with Crippen LogP contribution in [0.15, 0.2) is 60.7 Å². The average Bonchev–Trinajstić information content (AvgIpc) is 2.79. The summed E-state index contributed by atoms with van der Waals surface area (Å²) in [7, 11) is 0. The number of nitrogens with zero attached hydrogens (tertiary/aromatic N) is 2. The summed E-state index contributed by atoms with van der Waals surface area (Å²) < 4.78 is 0. The molecule has 2 aromatic rings. The summed E-state index contributed by atoms with van der Waals surface area (Å²) in [4.78, 5) is 16.6. The fourth-order valence-electron chi connectivity index (χ4n) is 3.35. The fraction of sp³-hybridized carbons (Fsp3) is 0.350. The molecular weight excluding hydrogens is 298 g/mol. The molecule has 1 fully saturated rings. The van der Waals surface area contributed by atoms with Crippen LogP contribution in [-0.2, 0) is 17.9 Å². The van der Waals surface area contributed by atoms with Crippen molar-refractivity contribution in [2.24, 2.45) is 5.73 Å². The molecule has 4 heteroatoms. The lowest BCUT2D eigenvalue weighted by Crippen LogP contribution is -2.44. The van der Waals surface area contributed by atoms with Gasteiger partial charge in [-0.1, -0.05) is 60.7 Å². The quantitative estimate of drug-likeness (QED) is 0.918. The van der Waals surface area contributed by atoms with E-state index in [4.69, 9.17) is 5.73 Å². The maximum Gasteiger partial charge on any atom is 0.234 e. The summed E-state index contributed by atoms with van der Waals surface area (Å²) in [5.74, 6) is -0.215. The van der Waals surface area contributed by atoms with Crippen LogP contribution < -0.4 is 5.73 Å². The summed E-state index contributed by atoms with van der Waals surface area (Å²) in [5, 5.41) is 0. The Kier molecular flexibility index (Phi) is 5.62. The molecule has 1 atom stereocenters. The largest absolute Gasteiger partial charge is 0.368 e. The second-order valence-corrected chi connectivity index (χ2v) is 6.42. The van der Waals surface area contributed by atoms with Gasteiger partial charge >= 0.3 is 0 Å². The summed E-state index contributed by atoms with van der Waals surface area (Å²) >= 11 is 0. The van der Waals surface area contributed by atoms with E-state index in [0.29, 0.717) is 0 Å². The zero-order valence-electron chi connectivity index (χ0n) is 14.0. The van der Waals surface area contributed by atoms with Crippen molar-refractivity contribution in [1.29, 1.82) is 0 Å². The van der Waals surface area contributed by atoms with E-state index in [1.165, 1.54) is 11.1 Å². The molecule has 3 rings (SSSR count). The number of carbonyl (C=O) groups is 1. The van der Waals surface area contributed by atoms with Crippen molar-refractivity contribution in [3.05, 3.63) is 71.8 Å². The molecule has 2 aromatic carbocycles. The highest BCUT2D eigenvalue weighted by molar-refractivity contribution is 5.79. The first-order valence-electron chi connectivity index (χ1n) is 8.56. The Morgan fingerprint density at radius 1 is 0.875 bits per heavy atom. The number of benzene rings is 2. The topological polar surface area (TPSA) is 49.6 Å². The molecule has 0 bridgehead atoms. The van der Waals surface area contributed by atoms with Gasteiger partial charge in [0.25, 0.3) is 0 Å². The first kappa shape index (κ1) is 16.7. The lowest BCUT2D eigenvalue weighted by atomic mass is 10.1. The summed E-state index contributed by atoms with van der Waals surface area (Å²) in [6.45, 7) is 4.40. The number of amides is 1. The number of hydrogen-bond acceptors (Lipinski definition) is 3. The van der Waals surface area contributed by atoms with E-state index in [-0.39, 0.29) is 11.9 Å². The van der Waals surface area contributed by atoms with Gasteiger partial charge in [0.15, 0.2) is 0 Å². The van der Waals surface area contributed by atoms with Crippen LogP contribution in [0.2, 0.25) is 0 Å². The van der Waals surface area contributed by atoms with Crippen molar-refractivity contribution in [3.8, 4) is 0 Å². The van der Waals surface area contributed by atoms with Gasteiger partial charge in [0.05, 0.1) is 6.04 Å². The molecule has 1 amide bonds. The number of hydrogen-bond donors (Lipinski definition) is 1. The molecule has 1 saturated heterocycles. The maximum absolute atomic E-state index is 11.9. The molecule has 126 valence electrons. The van der Waals surface area contributed by atoms with Crippen LogP contribution in [0.5, 0.6) is 0 Å². The maximum atomic E-state index is 11.9. The van der Waals surface area contributed by atoms with Crippen LogP contribution in [0.3, 0.4) is 0 Å². The van der Waals surface area contributed by atoms with Gasteiger partial charge in [-0.05, 0) is 17.5 Å². The number of rotatable bonds is 5. The molecule has 1 unspecified atom stereocenters. The third-order valence-electron chi connectivity index (χ3n) is 4.67. The van der Waals surface area contributed by atoms with Gasteiger partial charge in [-0.25, -0.2) is 0 Å². The van der Waals surface area contributed by atoms with Crippen molar-refractivity contribution in [2.75, 3.05) is 19.6 Å². The van der Waals surface area contributed by atoms with E-state index < -0.39 is 0 Å². The summed E-state index contributed by atoms with van der Waals surface area (Å²) in [6, 6.07) is 20.6. The zero-order valence-corrected chi connectivity index (χ0v) is 14.0. The van der Waals surface area contributed by atoms with Crippen LogP contribution in [0.4, 0.5) is 0 Å². The molecule has 0 radical (unpaired) electrons. The second-order valence-electron chi connectivity index (χ2n) is 6.42. The molecule has 1 aliphatic heterocycles. The Bertz CT molecular complexity index is 644. The molecule has 1 heterocycles. The zero-order chi connectivity index (χ0) is 16.8. The first-order valence-corrected chi connectivity index (χ1v) is 8.56. The Labute approximate surface area is 143 Å². The molecule has 4 nitrogen and oxygen atoms in total. The van der Waals surface area contributed by atoms with Crippen LogP contribution in [0.25, 0.3) is 0 Å². The predicted octanol–water partition coefficient (Wildman–Crippen LogP) is 2.25. The molecule has 24 heavy (non-hydrogen) atoms. The Morgan fingerprint density at radius 3 is 2.04 bits per heavy atom. The minimum Gasteiger partial charge on any atom is -0.368 e. The average molecular weight is 323 g/mol. The number of primary amides is 1. The lowest BCUT2D eigenvalue weighted by Gasteiger charge is -2.27. The van der Waals surface area contributed by atoms with E-state index in [1.807, 2.05) is 24.3 Å². The number of nitrogens with two attached hydrogens (primary N) is 1. The Morgan fingerprint density at radius 2 is 1.46 bits per heavy atom. The van der Waals surface area contributed by atoms with Gasteiger partial charge < -0.3 is 5.73 Å². The Balaban J connectivity index is 1.67. The highest BCUT2D eigenvalue weighted by atomic mass is 16.1. The van der Waals surface area contributed by atoms with E-state index in [1.54, 1.807) is 0 Å². The standard InChI is InChI=1S/C20H25N3O/c21-20(24)19-11-12-22(15-17-7-3-1-4-8-17)13-14-23(19)16-18-9-5-2-6-10-18/h1-10,19H,11-16H2,(H2,21,24). The predicted molar refractivity (Wildman–Crippen MR) is 96.2 cm³/mol. The summed E-state index contributed by atoms with van der Waals surface area (Å²) in [6.07, 6.45) is 0.787. The SMILES string of the molecule is NC(=O)C1CCN(Cc2ccccc2)CCN1Cc1ccccc1. The van der Waals surface area contributed by atoms with Crippen LogP contribution >= 0.6 is 0 Å². The molecular formula is C20H25N3O. The van der Waals surface area contributed by atoms with Crippen LogP contribution in [0.1, 0.15) is 17.5 Å². The van der Waals surface area contributed by atoms with E-state index >= 15 is 0 Å². The van der Waals surface area contributed by atoms with Crippen molar-refractivity contribution in [1.82, 2.24) is 9.80 Å². The van der Waals surface area contributed by atoms with Gasteiger partial charge in [-0.15, -0.1) is 0 Å². The minimum absolute atomic E-state index is 0.189. The molecule has 0 aromatic heterocycles. The van der Waals surface area contributed by atoms with Crippen LogP contribution in [0, 0.1) is 0 Å². The van der Waals surface area contributed by atoms with Crippen molar-refractivity contribution >= 4 is 5.91 Å². The highest BCUT2D eigenvalue weighted by Gasteiger charge is 2.28. The third-order valence-corrected chi connectivity index (χ3v) is 4.67. The smallest absolute Gasteiger partial charge is 0.234 e. The van der Waals surface area contributed by atoms with Crippen molar-refractivity contribution in [3.63, 3.8) is 0 Å². The molecule has 2 N–H and O–H groups in total. The van der Waals surface area contributed by atoms with Gasteiger partial charge in [0.1, 0.15) is 0 Å². The normalized spacial score (nSPS) is 19.8. The van der Waals surface area contributed by atoms with Gasteiger partial charge in [-0.2, -0.15) is 0 Å². The van der Waals surface area contributed by atoms with Gasteiger partial charge in [-0.3, -0.25) is 14.6 Å². The molecule has 0 saturated carbocycles. The molecule has 1 aliphatic rings. The minimum atomic E-state index is -0.215. The van der Waals surface area contributed by atoms with E-state index in [2.05, 4.69) is 46.2 Å². The summed E-state index contributed by atoms with van der Waals surface area (Å²) in [5.41, 5.74) is 8.21.